The van der Waals surface area contributed by atoms with E-state index < -0.39 is 0 Å². The summed E-state index contributed by atoms with van der Waals surface area (Å²) in [5.41, 5.74) is 1.93. The van der Waals surface area contributed by atoms with Gasteiger partial charge in [0.15, 0.2) is 5.75 Å². The number of aromatic amines is 1. The number of nitrogens with zero attached hydrogens (tertiary/aromatic N) is 1. The van der Waals surface area contributed by atoms with Gasteiger partial charge in [-0.25, -0.2) is 5.10 Å². The highest BCUT2D eigenvalue weighted by Gasteiger charge is 2.02. The summed E-state index contributed by atoms with van der Waals surface area (Å²) >= 11 is 0. The van der Waals surface area contributed by atoms with Gasteiger partial charge in [-0.15, -0.1) is 0 Å². The molecule has 0 bridgehead atoms. The van der Waals surface area contributed by atoms with Gasteiger partial charge in [-0.2, -0.15) is 5.10 Å². The van der Waals surface area contributed by atoms with E-state index in [1.54, 1.807) is 0 Å². The minimum absolute atomic E-state index is 0.276. The second-order valence-electron chi connectivity index (χ2n) is 3.65. The SMILES string of the molecule is Cc1ccc(Oc2cn[nH]c(=O)c2)c(C)c1. The van der Waals surface area contributed by atoms with Crippen molar-refractivity contribution >= 4 is 0 Å². The third kappa shape index (κ3) is 2.28. The van der Waals surface area contributed by atoms with Crippen molar-refractivity contribution in [3.63, 3.8) is 0 Å². The van der Waals surface area contributed by atoms with E-state index in [1.165, 1.54) is 17.8 Å². The smallest absolute Gasteiger partial charge is 0.267 e. The van der Waals surface area contributed by atoms with Gasteiger partial charge in [0, 0.05) is 6.07 Å². The van der Waals surface area contributed by atoms with Crippen LogP contribution < -0.4 is 10.3 Å². The van der Waals surface area contributed by atoms with Gasteiger partial charge < -0.3 is 4.74 Å². The Balaban J connectivity index is 2.30. The topological polar surface area (TPSA) is 55.0 Å². The molecule has 4 nitrogen and oxygen atoms in total. The second kappa shape index (κ2) is 4.18. The summed E-state index contributed by atoms with van der Waals surface area (Å²) in [7, 11) is 0. The monoisotopic (exact) mass is 216 g/mol. The molecule has 0 aliphatic heterocycles. The molecule has 0 amide bonds. The lowest BCUT2D eigenvalue weighted by Gasteiger charge is -2.08. The molecule has 0 radical (unpaired) electrons. The Morgan fingerprint density at radius 3 is 2.75 bits per heavy atom. The highest BCUT2D eigenvalue weighted by molar-refractivity contribution is 5.38. The maximum absolute atomic E-state index is 11.0. The number of benzene rings is 1. The Morgan fingerprint density at radius 2 is 2.06 bits per heavy atom. The molecular weight excluding hydrogens is 204 g/mol. The zero-order chi connectivity index (χ0) is 11.5. The van der Waals surface area contributed by atoms with Gasteiger partial charge >= 0.3 is 0 Å². The van der Waals surface area contributed by atoms with E-state index in [4.69, 9.17) is 4.74 Å². The standard InChI is InChI=1S/C12H12N2O2/c1-8-3-4-11(9(2)5-8)16-10-6-12(15)14-13-7-10/h3-7H,1-2H3,(H,14,15). The van der Waals surface area contributed by atoms with Crippen LogP contribution in [0.3, 0.4) is 0 Å². The van der Waals surface area contributed by atoms with Crippen molar-refractivity contribution in [1.29, 1.82) is 0 Å². The molecule has 2 rings (SSSR count). The molecule has 16 heavy (non-hydrogen) atoms. The van der Waals surface area contributed by atoms with Crippen LogP contribution in [0.4, 0.5) is 0 Å². The zero-order valence-corrected chi connectivity index (χ0v) is 9.15. The Hall–Kier alpha value is -2.10. The second-order valence-corrected chi connectivity index (χ2v) is 3.65. The quantitative estimate of drug-likeness (QED) is 0.837. The van der Waals surface area contributed by atoms with E-state index in [1.807, 2.05) is 32.0 Å². The van der Waals surface area contributed by atoms with E-state index in [2.05, 4.69) is 10.2 Å². The van der Waals surface area contributed by atoms with Crippen LogP contribution in [0.1, 0.15) is 11.1 Å². The Labute approximate surface area is 92.9 Å². The third-order valence-electron chi connectivity index (χ3n) is 2.20. The van der Waals surface area contributed by atoms with Crippen LogP contribution in [0.15, 0.2) is 35.3 Å². The predicted molar refractivity (Wildman–Crippen MR) is 60.8 cm³/mol. The molecule has 0 saturated heterocycles. The molecule has 2 aromatic rings. The lowest BCUT2D eigenvalue weighted by atomic mass is 10.1. The molecule has 0 fully saturated rings. The number of hydrogen-bond donors (Lipinski definition) is 1. The summed E-state index contributed by atoms with van der Waals surface area (Å²) in [6, 6.07) is 7.23. The first-order chi connectivity index (χ1) is 7.65. The van der Waals surface area contributed by atoms with Crippen molar-refractivity contribution in [3.8, 4) is 11.5 Å². The van der Waals surface area contributed by atoms with Gasteiger partial charge in [0.25, 0.3) is 5.56 Å². The van der Waals surface area contributed by atoms with Gasteiger partial charge in [0.05, 0.1) is 6.20 Å². The summed E-state index contributed by atoms with van der Waals surface area (Å²) in [5, 5.41) is 5.96. The fourth-order valence-electron chi connectivity index (χ4n) is 1.45. The lowest BCUT2D eigenvalue weighted by molar-refractivity contribution is 0.473. The van der Waals surface area contributed by atoms with Crippen molar-refractivity contribution in [2.24, 2.45) is 0 Å². The van der Waals surface area contributed by atoms with Crippen molar-refractivity contribution in [2.45, 2.75) is 13.8 Å². The average Bonchev–Trinajstić information content (AvgIpc) is 2.22. The maximum Gasteiger partial charge on any atom is 0.267 e. The summed E-state index contributed by atoms with van der Waals surface area (Å²) in [4.78, 5) is 11.0. The van der Waals surface area contributed by atoms with Gasteiger partial charge in [-0.1, -0.05) is 17.7 Å². The minimum atomic E-state index is -0.276. The molecule has 4 heteroatoms. The van der Waals surface area contributed by atoms with E-state index in [9.17, 15) is 4.79 Å². The normalized spacial score (nSPS) is 10.1. The van der Waals surface area contributed by atoms with Crippen LogP contribution in [0.2, 0.25) is 0 Å². The first-order valence-corrected chi connectivity index (χ1v) is 4.95. The molecule has 0 atom stereocenters. The number of H-pyrrole nitrogens is 1. The first-order valence-electron chi connectivity index (χ1n) is 4.95. The largest absolute Gasteiger partial charge is 0.455 e. The average molecular weight is 216 g/mol. The molecule has 1 aromatic carbocycles. The number of ether oxygens (including phenoxy) is 1. The van der Waals surface area contributed by atoms with Crippen LogP contribution >= 0.6 is 0 Å². The van der Waals surface area contributed by atoms with Crippen LogP contribution in [-0.2, 0) is 0 Å². The van der Waals surface area contributed by atoms with E-state index in [0.29, 0.717) is 5.75 Å². The van der Waals surface area contributed by atoms with Crippen LogP contribution in [0.5, 0.6) is 11.5 Å². The fraction of sp³-hybridized carbons (Fsp3) is 0.167. The van der Waals surface area contributed by atoms with Gasteiger partial charge in [0.2, 0.25) is 0 Å². The van der Waals surface area contributed by atoms with E-state index in [0.717, 1.165) is 11.3 Å². The number of aryl methyl sites for hydroxylation is 2. The number of nitrogens with one attached hydrogen (secondary N) is 1. The van der Waals surface area contributed by atoms with Gasteiger partial charge in [0.1, 0.15) is 5.75 Å². The van der Waals surface area contributed by atoms with Crippen molar-refractivity contribution < 1.29 is 4.74 Å². The summed E-state index contributed by atoms with van der Waals surface area (Å²) in [6.07, 6.45) is 1.47. The minimum Gasteiger partial charge on any atom is -0.455 e. The third-order valence-corrected chi connectivity index (χ3v) is 2.20. The Morgan fingerprint density at radius 1 is 1.25 bits per heavy atom. The predicted octanol–water partition coefficient (Wildman–Crippen LogP) is 2.18. The van der Waals surface area contributed by atoms with E-state index in [-0.39, 0.29) is 5.56 Å². The molecule has 0 aliphatic carbocycles. The molecule has 0 saturated carbocycles. The zero-order valence-electron chi connectivity index (χ0n) is 9.15. The molecule has 0 unspecified atom stereocenters. The van der Waals surface area contributed by atoms with Gasteiger partial charge in [-0.3, -0.25) is 4.79 Å². The number of hydrogen-bond acceptors (Lipinski definition) is 3. The number of rotatable bonds is 2. The van der Waals surface area contributed by atoms with Crippen LogP contribution in [0.25, 0.3) is 0 Å². The number of aromatic nitrogens is 2. The summed E-state index contributed by atoms with van der Waals surface area (Å²) < 4.78 is 5.56. The molecule has 1 aromatic heterocycles. The highest BCUT2D eigenvalue weighted by atomic mass is 16.5. The fourth-order valence-corrected chi connectivity index (χ4v) is 1.45. The van der Waals surface area contributed by atoms with E-state index >= 15 is 0 Å². The lowest BCUT2D eigenvalue weighted by Crippen LogP contribution is -2.05. The Bertz CT molecular complexity index is 561. The first kappa shape index (κ1) is 10.4. The van der Waals surface area contributed by atoms with Crippen LogP contribution in [-0.4, -0.2) is 10.2 Å². The molecular formula is C12H12N2O2. The highest BCUT2D eigenvalue weighted by Crippen LogP contribution is 2.23. The van der Waals surface area contributed by atoms with Crippen molar-refractivity contribution in [2.75, 3.05) is 0 Å². The molecule has 1 N–H and O–H groups in total. The molecule has 1 heterocycles. The molecule has 0 spiro atoms. The molecule has 82 valence electrons. The van der Waals surface area contributed by atoms with Crippen molar-refractivity contribution in [1.82, 2.24) is 10.2 Å². The van der Waals surface area contributed by atoms with Crippen molar-refractivity contribution in [3.05, 3.63) is 51.9 Å². The summed E-state index contributed by atoms with van der Waals surface area (Å²) in [6.45, 7) is 3.98. The van der Waals surface area contributed by atoms with Gasteiger partial charge in [-0.05, 0) is 25.5 Å². The maximum atomic E-state index is 11.0. The van der Waals surface area contributed by atoms with Crippen LogP contribution in [0, 0.1) is 13.8 Å². The molecule has 0 aliphatic rings. The summed E-state index contributed by atoms with van der Waals surface area (Å²) in [5.74, 6) is 1.17. The Kier molecular flexibility index (Phi) is 2.72.